The fourth-order valence-electron chi connectivity index (χ4n) is 3.28. The molecular weight excluding hydrogens is 430 g/mol. The summed E-state index contributed by atoms with van der Waals surface area (Å²) in [7, 11) is 0. The van der Waals surface area contributed by atoms with Crippen LogP contribution in [0.2, 0.25) is 0 Å². The van der Waals surface area contributed by atoms with Gasteiger partial charge in [-0.1, -0.05) is 84.9 Å². The summed E-state index contributed by atoms with van der Waals surface area (Å²) in [6, 6.07) is 34.2. The standard InChI is InChI=1S/C27H21N3O2S/c31-25(23-15-11-21(12-16-23)19-7-3-1-4-8-19)28-27(33)30-29-26(32)24-17-13-22(14-18-24)20-9-5-2-6-10-20/h1-18H,(H,29,32)(H2,28,30,31,33). The van der Waals surface area contributed by atoms with Crippen LogP contribution in [-0.2, 0) is 0 Å². The van der Waals surface area contributed by atoms with E-state index in [4.69, 9.17) is 12.2 Å². The van der Waals surface area contributed by atoms with Crippen LogP contribution in [0.15, 0.2) is 109 Å². The normalized spacial score (nSPS) is 10.2. The van der Waals surface area contributed by atoms with E-state index in [1.165, 1.54) is 0 Å². The lowest BCUT2D eigenvalue weighted by Gasteiger charge is -2.11. The van der Waals surface area contributed by atoms with Crippen molar-refractivity contribution in [3.8, 4) is 22.3 Å². The maximum Gasteiger partial charge on any atom is 0.269 e. The highest BCUT2D eigenvalue weighted by Crippen LogP contribution is 2.20. The van der Waals surface area contributed by atoms with Gasteiger partial charge >= 0.3 is 0 Å². The second kappa shape index (κ2) is 10.3. The predicted molar refractivity (Wildman–Crippen MR) is 134 cm³/mol. The highest BCUT2D eigenvalue weighted by molar-refractivity contribution is 7.80. The molecule has 3 N–H and O–H groups in total. The third-order valence-electron chi connectivity index (χ3n) is 5.03. The molecule has 0 saturated heterocycles. The van der Waals surface area contributed by atoms with Crippen LogP contribution in [0.3, 0.4) is 0 Å². The Hall–Kier alpha value is -4.29. The van der Waals surface area contributed by atoms with Crippen LogP contribution < -0.4 is 16.2 Å². The van der Waals surface area contributed by atoms with Gasteiger partial charge in [-0.05, 0) is 58.7 Å². The minimum atomic E-state index is -0.367. The first-order valence-corrected chi connectivity index (χ1v) is 10.7. The van der Waals surface area contributed by atoms with Crippen molar-refractivity contribution in [2.24, 2.45) is 0 Å². The molecule has 4 aromatic rings. The van der Waals surface area contributed by atoms with Crippen molar-refractivity contribution in [2.45, 2.75) is 0 Å². The van der Waals surface area contributed by atoms with E-state index in [-0.39, 0.29) is 16.9 Å². The third kappa shape index (κ3) is 5.70. The molecule has 162 valence electrons. The highest BCUT2D eigenvalue weighted by Gasteiger charge is 2.10. The molecule has 0 atom stereocenters. The molecular formula is C27H21N3O2S. The summed E-state index contributed by atoms with van der Waals surface area (Å²) in [5.41, 5.74) is 10.2. The first-order chi connectivity index (χ1) is 16.1. The summed E-state index contributed by atoms with van der Waals surface area (Å²) in [6.45, 7) is 0. The van der Waals surface area contributed by atoms with Crippen LogP contribution in [0.1, 0.15) is 20.7 Å². The number of benzene rings is 4. The molecule has 4 rings (SSSR count). The van der Waals surface area contributed by atoms with Crippen molar-refractivity contribution in [1.29, 1.82) is 0 Å². The van der Waals surface area contributed by atoms with Gasteiger partial charge in [-0.15, -0.1) is 0 Å². The van der Waals surface area contributed by atoms with Crippen molar-refractivity contribution >= 4 is 29.1 Å². The smallest absolute Gasteiger partial charge is 0.269 e. The average molecular weight is 452 g/mol. The first-order valence-electron chi connectivity index (χ1n) is 10.3. The SMILES string of the molecule is O=C(NNC(=S)NC(=O)c1ccc(-c2ccccc2)cc1)c1ccc(-c2ccccc2)cc1. The molecule has 0 unspecified atom stereocenters. The minimum absolute atomic E-state index is 0.00129. The Balaban J connectivity index is 1.29. The Labute approximate surface area is 197 Å². The maximum absolute atomic E-state index is 12.4. The van der Waals surface area contributed by atoms with Crippen molar-refractivity contribution in [3.63, 3.8) is 0 Å². The Bertz CT molecular complexity index is 1260. The lowest BCUT2D eigenvalue weighted by molar-refractivity contribution is 0.0934. The summed E-state index contributed by atoms with van der Waals surface area (Å²) >= 11 is 5.13. The van der Waals surface area contributed by atoms with Gasteiger partial charge in [0.05, 0.1) is 0 Å². The molecule has 0 aliphatic heterocycles. The molecule has 33 heavy (non-hydrogen) atoms. The van der Waals surface area contributed by atoms with Crippen LogP contribution in [0.4, 0.5) is 0 Å². The van der Waals surface area contributed by atoms with Crippen LogP contribution in [0.5, 0.6) is 0 Å². The van der Waals surface area contributed by atoms with Gasteiger partial charge in [-0.2, -0.15) is 0 Å². The topological polar surface area (TPSA) is 70.2 Å². The number of nitrogens with one attached hydrogen (secondary N) is 3. The summed E-state index contributed by atoms with van der Waals surface area (Å²) in [5.74, 6) is -0.730. The summed E-state index contributed by atoms with van der Waals surface area (Å²) in [4.78, 5) is 24.8. The molecule has 4 aromatic carbocycles. The molecule has 0 heterocycles. The van der Waals surface area contributed by atoms with Crippen molar-refractivity contribution in [3.05, 3.63) is 120 Å². The van der Waals surface area contributed by atoms with Crippen LogP contribution in [0.25, 0.3) is 22.3 Å². The molecule has 0 aromatic heterocycles. The van der Waals surface area contributed by atoms with Crippen LogP contribution >= 0.6 is 12.2 Å². The molecule has 0 fully saturated rings. The lowest BCUT2D eigenvalue weighted by atomic mass is 10.0. The number of hydrazine groups is 1. The summed E-state index contributed by atoms with van der Waals surface area (Å²) < 4.78 is 0. The average Bonchev–Trinajstić information content (AvgIpc) is 2.88. The predicted octanol–water partition coefficient (Wildman–Crippen LogP) is 4.97. The monoisotopic (exact) mass is 451 g/mol. The molecule has 0 saturated carbocycles. The fourth-order valence-corrected chi connectivity index (χ4v) is 3.43. The van der Waals surface area contributed by atoms with Gasteiger partial charge in [0, 0.05) is 11.1 Å². The van der Waals surface area contributed by atoms with E-state index in [2.05, 4.69) is 16.2 Å². The van der Waals surface area contributed by atoms with Gasteiger partial charge in [0.25, 0.3) is 11.8 Å². The number of hydrogen-bond acceptors (Lipinski definition) is 3. The zero-order valence-electron chi connectivity index (χ0n) is 17.6. The number of hydrogen-bond donors (Lipinski definition) is 3. The van der Waals surface area contributed by atoms with E-state index >= 15 is 0 Å². The second-order valence-electron chi connectivity index (χ2n) is 7.25. The van der Waals surface area contributed by atoms with E-state index in [1.807, 2.05) is 84.9 Å². The Kier molecular flexibility index (Phi) is 6.87. The van der Waals surface area contributed by atoms with Gasteiger partial charge in [0.2, 0.25) is 0 Å². The van der Waals surface area contributed by atoms with Gasteiger partial charge in [0.1, 0.15) is 0 Å². The first kappa shape index (κ1) is 21.9. The van der Waals surface area contributed by atoms with Gasteiger partial charge in [0.15, 0.2) is 5.11 Å². The molecule has 0 spiro atoms. The lowest BCUT2D eigenvalue weighted by Crippen LogP contribution is -2.48. The fraction of sp³-hybridized carbons (Fsp3) is 0. The van der Waals surface area contributed by atoms with Crippen molar-refractivity contribution in [1.82, 2.24) is 16.2 Å². The number of carbonyl (C=O) groups is 2. The van der Waals surface area contributed by atoms with E-state index in [0.717, 1.165) is 22.3 Å². The van der Waals surface area contributed by atoms with E-state index in [1.54, 1.807) is 24.3 Å². The van der Waals surface area contributed by atoms with Gasteiger partial charge in [-0.3, -0.25) is 25.8 Å². The van der Waals surface area contributed by atoms with Crippen LogP contribution in [-0.4, -0.2) is 16.9 Å². The highest BCUT2D eigenvalue weighted by atomic mass is 32.1. The quantitative estimate of drug-likeness (QED) is 0.303. The zero-order valence-corrected chi connectivity index (χ0v) is 18.4. The number of thiocarbonyl (C=S) groups is 1. The van der Waals surface area contributed by atoms with E-state index < -0.39 is 0 Å². The number of amides is 2. The molecule has 0 radical (unpaired) electrons. The third-order valence-corrected chi connectivity index (χ3v) is 5.23. The Morgan fingerprint density at radius 3 is 1.33 bits per heavy atom. The maximum atomic E-state index is 12.4. The zero-order chi connectivity index (χ0) is 23.0. The summed E-state index contributed by atoms with van der Waals surface area (Å²) in [6.07, 6.45) is 0. The Morgan fingerprint density at radius 2 is 0.879 bits per heavy atom. The molecule has 6 heteroatoms. The molecule has 0 bridgehead atoms. The van der Waals surface area contributed by atoms with E-state index in [9.17, 15) is 9.59 Å². The molecule has 2 amide bonds. The molecule has 0 aliphatic rings. The largest absolute Gasteiger partial charge is 0.298 e. The van der Waals surface area contributed by atoms with E-state index in [0.29, 0.717) is 11.1 Å². The second-order valence-corrected chi connectivity index (χ2v) is 7.66. The van der Waals surface area contributed by atoms with Crippen LogP contribution in [0, 0.1) is 0 Å². The molecule has 5 nitrogen and oxygen atoms in total. The number of rotatable bonds is 4. The van der Waals surface area contributed by atoms with Crippen molar-refractivity contribution < 1.29 is 9.59 Å². The van der Waals surface area contributed by atoms with Gasteiger partial charge in [-0.25, -0.2) is 0 Å². The molecule has 0 aliphatic carbocycles. The van der Waals surface area contributed by atoms with Crippen molar-refractivity contribution in [2.75, 3.05) is 0 Å². The minimum Gasteiger partial charge on any atom is -0.298 e. The number of carbonyl (C=O) groups excluding carboxylic acids is 2. The van der Waals surface area contributed by atoms with Gasteiger partial charge < -0.3 is 0 Å². The Morgan fingerprint density at radius 1 is 0.485 bits per heavy atom. The summed E-state index contributed by atoms with van der Waals surface area (Å²) in [5, 5.41) is 2.56.